The molecular formula is C22H31IN6S. The van der Waals surface area contributed by atoms with Crippen LogP contribution in [0.3, 0.4) is 0 Å². The summed E-state index contributed by atoms with van der Waals surface area (Å²) in [7, 11) is 0. The molecule has 2 heterocycles. The van der Waals surface area contributed by atoms with Crippen molar-refractivity contribution in [1.82, 2.24) is 25.4 Å². The van der Waals surface area contributed by atoms with E-state index in [0.29, 0.717) is 6.54 Å². The minimum absolute atomic E-state index is 0. The molecule has 0 amide bonds. The number of benzene rings is 1. The van der Waals surface area contributed by atoms with Gasteiger partial charge in [0.05, 0.1) is 24.0 Å². The van der Waals surface area contributed by atoms with Gasteiger partial charge in [0.25, 0.3) is 0 Å². The second-order valence-electron chi connectivity index (χ2n) is 7.98. The van der Waals surface area contributed by atoms with E-state index in [2.05, 4.69) is 80.0 Å². The lowest BCUT2D eigenvalue weighted by Crippen LogP contribution is -2.38. The number of hydrogen-bond acceptors (Lipinski definition) is 4. The SMILES string of the molecule is CCNC(=NCc1nc(C(C)(C)C)cs1)NC(C)c1cccc(-n2cccn2)c1.I. The van der Waals surface area contributed by atoms with Crippen molar-refractivity contribution in [3.63, 3.8) is 0 Å². The molecule has 0 aliphatic carbocycles. The Morgan fingerprint density at radius 3 is 2.70 bits per heavy atom. The standard InChI is InChI=1S/C22H30N6S.HI/c1-6-23-21(24-14-20-27-19(15-29-20)22(3,4)5)26-16(2)17-9-7-10-18(13-17)28-12-8-11-25-28;/h7-13,15-16H,6,14H2,1-5H3,(H2,23,24,26);1H. The van der Waals surface area contributed by atoms with Crippen LogP contribution >= 0.6 is 35.3 Å². The van der Waals surface area contributed by atoms with Gasteiger partial charge in [-0.1, -0.05) is 32.9 Å². The minimum atomic E-state index is 0. The number of nitrogens with zero attached hydrogens (tertiary/aromatic N) is 4. The summed E-state index contributed by atoms with van der Waals surface area (Å²) in [6, 6.07) is 10.4. The summed E-state index contributed by atoms with van der Waals surface area (Å²) < 4.78 is 1.87. The summed E-state index contributed by atoms with van der Waals surface area (Å²) in [5, 5.41) is 14.3. The van der Waals surface area contributed by atoms with Crippen LogP contribution in [0.5, 0.6) is 0 Å². The lowest BCUT2D eigenvalue weighted by atomic mass is 9.93. The van der Waals surface area contributed by atoms with E-state index in [0.717, 1.165) is 28.9 Å². The molecule has 3 rings (SSSR count). The van der Waals surface area contributed by atoms with Crippen molar-refractivity contribution in [3.8, 4) is 5.69 Å². The van der Waals surface area contributed by atoms with Crippen LogP contribution in [0, 0.1) is 0 Å². The van der Waals surface area contributed by atoms with Gasteiger partial charge in [0.1, 0.15) is 5.01 Å². The van der Waals surface area contributed by atoms with Crippen molar-refractivity contribution in [1.29, 1.82) is 0 Å². The molecule has 0 saturated carbocycles. The van der Waals surface area contributed by atoms with Gasteiger partial charge in [0.15, 0.2) is 5.96 Å². The van der Waals surface area contributed by atoms with E-state index in [1.54, 1.807) is 17.5 Å². The number of guanidine groups is 1. The highest BCUT2D eigenvalue weighted by Gasteiger charge is 2.17. The Kier molecular flexibility index (Phi) is 8.84. The fraction of sp³-hybridized carbons (Fsp3) is 0.409. The zero-order valence-corrected chi connectivity index (χ0v) is 21.4. The fourth-order valence-electron chi connectivity index (χ4n) is 2.84. The number of hydrogen-bond donors (Lipinski definition) is 2. The Morgan fingerprint density at radius 1 is 1.27 bits per heavy atom. The molecule has 162 valence electrons. The second kappa shape index (κ2) is 10.9. The third-order valence-electron chi connectivity index (χ3n) is 4.53. The predicted octanol–water partition coefficient (Wildman–Crippen LogP) is 5.06. The van der Waals surface area contributed by atoms with Gasteiger partial charge in [-0.15, -0.1) is 35.3 Å². The van der Waals surface area contributed by atoms with Crippen molar-refractivity contribution in [2.75, 3.05) is 6.54 Å². The number of aromatic nitrogens is 3. The first-order valence-corrected chi connectivity index (χ1v) is 10.8. The van der Waals surface area contributed by atoms with E-state index in [-0.39, 0.29) is 35.4 Å². The summed E-state index contributed by atoms with van der Waals surface area (Å²) >= 11 is 1.67. The molecule has 2 N–H and O–H groups in total. The number of aliphatic imine (C=N–C) groups is 1. The van der Waals surface area contributed by atoms with Crippen LogP contribution in [-0.2, 0) is 12.0 Å². The summed E-state index contributed by atoms with van der Waals surface area (Å²) in [6.45, 7) is 12.1. The van der Waals surface area contributed by atoms with E-state index in [9.17, 15) is 0 Å². The molecule has 1 atom stereocenters. The van der Waals surface area contributed by atoms with Crippen molar-refractivity contribution in [2.24, 2.45) is 4.99 Å². The number of halogens is 1. The Hall–Kier alpha value is -1.94. The molecule has 1 aromatic carbocycles. The molecule has 30 heavy (non-hydrogen) atoms. The van der Waals surface area contributed by atoms with Crippen LogP contribution in [0.1, 0.15) is 56.9 Å². The first-order chi connectivity index (χ1) is 13.9. The van der Waals surface area contributed by atoms with Crippen LogP contribution < -0.4 is 10.6 Å². The van der Waals surface area contributed by atoms with Gasteiger partial charge in [-0.05, 0) is 37.6 Å². The molecule has 0 aliphatic rings. The lowest BCUT2D eigenvalue weighted by Gasteiger charge is -2.19. The third-order valence-corrected chi connectivity index (χ3v) is 5.36. The van der Waals surface area contributed by atoms with Gasteiger partial charge >= 0.3 is 0 Å². The first-order valence-electron chi connectivity index (χ1n) is 9.96. The largest absolute Gasteiger partial charge is 0.357 e. The van der Waals surface area contributed by atoms with Crippen molar-refractivity contribution in [2.45, 2.75) is 52.6 Å². The van der Waals surface area contributed by atoms with E-state index >= 15 is 0 Å². The normalized spacial score (nSPS) is 12.9. The Bertz CT molecular complexity index is 943. The maximum absolute atomic E-state index is 4.74. The van der Waals surface area contributed by atoms with E-state index < -0.39 is 0 Å². The highest BCUT2D eigenvalue weighted by molar-refractivity contribution is 14.0. The number of rotatable bonds is 6. The maximum atomic E-state index is 4.74. The van der Waals surface area contributed by atoms with Gasteiger partial charge in [0.2, 0.25) is 0 Å². The van der Waals surface area contributed by atoms with Crippen molar-refractivity contribution >= 4 is 41.3 Å². The molecule has 0 saturated heterocycles. The fourth-order valence-corrected chi connectivity index (χ4v) is 3.79. The zero-order valence-electron chi connectivity index (χ0n) is 18.2. The van der Waals surface area contributed by atoms with Gasteiger partial charge in [-0.2, -0.15) is 5.10 Å². The summed E-state index contributed by atoms with van der Waals surface area (Å²) in [5.41, 5.74) is 3.40. The average Bonchev–Trinajstić information content (AvgIpc) is 3.38. The molecular weight excluding hydrogens is 507 g/mol. The summed E-state index contributed by atoms with van der Waals surface area (Å²) in [4.78, 5) is 9.48. The zero-order chi connectivity index (χ0) is 20.9. The Balaban J connectivity index is 0.00000320. The molecule has 0 radical (unpaired) electrons. The van der Waals surface area contributed by atoms with Crippen LogP contribution in [0.2, 0.25) is 0 Å². The Morgan fingerprint density at radius 2 is 2.07 bits per heavy atom. The van der Waals surface area contributed by atoms with Gasteiger partial charge < -0.3 is 10.6 Å². The molecule has 1 unspecified atom stereocenters. The molecule has 6 nitrogen and oxygen atoms in total. The van der Waals surface area contributed by atoms with Crippen molar-refractivity contribution < 1.29 is 0 Å². The van der Waals surface area contributed by atoms with Crippen LogP contribution in [0.15, 0.2) is 53.1 Å². The Labute approximate surface area is 200 Å². The number of thiazole rings is 1. The minimum Gasteiger partial charge on any atom is -0.357 e. The summed E-state index contributed by atoms with van der Waals surface area (Å²) in [5.74, 6) is 0.789. The molecule has 0 bridgehead atoms. The van der Waals surface area contributed by atoms with Gasteiger partial charge in [0, 0.05) is 29.7 Å². The molecule has 0 fully saturated rings. The predicted molar refractivity (Wildman–Crippen MR) is 136 cm³/mol. The quantitative estimate of drug-likeness (QED) is 0.262. The van der Waals surface area contributed by atoms with Crippen LogP contribution in [-0.4, -0.2) is 27.3 Å². The van der Waals surface area contributed by atoms with Crippen molar-refractivity contribution in [3.05, 3.63) is 64.4 Å². The smallest absolute Gasteiger partial charge is 0.192 e. The highest BCUT2D eigenvalue weighted by Crippen LogP contribution is 2.24. The third kappa shape index (κ3) is 6.53. The molecule has 0 spiro atoms. The summed E-state index contributed by atoms with van der Waals surface area (Å²) in [6.07, 6.45) is 3.73. The van der Waals surface area contributed by atoms with E-state index in [4.69, 9.17) is 9.98 Å². The second-order valence-corrected chi connectivity index (χ2v) is 8.93. The molecule has 3 aromatic rings. The van der Waals surface area contributed by atoms with Crippen LogP contribution in [0.4, 0.5) is 0 Å². The van der Waals surface area contributed by atoms with Gasteiger partial charge in [-0.25, -0.2) is 14.7 Å². The first kappa shape index (κ1) is 24.3. The monoisotopic (exact) mass is 538 g/mol. The molecule has 0 aliphatic heterocycles. The molecule has 8 heteroatoms. The number of nitrogens with one attached hydrogen (secondary N) is 2. The molecule has 2 aromatic heterocycles. The van der Waals surface area contributed by atoms with E-state index in [1.807, 2.05) is 16.9 Å². The van der Waals surface area contributed by atoms with E-state index in [1.165, 1.54) is 5.56 Å². The van der Waals surface area contributed by atoms with Crippen LogP contribution in [0.25, 0.3) is 5.69 Å². The average molecular weight is 539 g/mol. The van der Waals surface area contributed by atoms with Gasteiger partial charge in [-0.3, -0.25) is 0 Å². The maximum Gasteiger partial charge on any atom is 0.192 e. The lowest BCUT2D eigenvalue weighted by molar-refractivity contribution is 0.571. The topological polar surface area (TPSA) is 67.1 Å². The highest BCUT2D eigenvalue weighted by atomic mass is 127.